The van der Waals surface area contributed by atoms with E-state index in [4.69, 9.17) is 37.7 Å². The number of hydrogen-bond acceptors (Lipinski definition) is 14. The minimum atomic E-state index is -4.61. The number of carbonyl (C=O) groups excluding carboxylic acids is 2. The van der Waals surface area contributed by atoms with Crippen molar-refractivity contribution in [3.05, 3.63) is 113 Å². The molecule has 0 N–H and O–H groups in total. The Balaban J connectivity index is 0.000000251. The summed E-state index contributed by atoms with van der Waals surface area (Å²) in [5.74, 6) is -1.80. The van der Waals surface area contributed by atoms with E-state index < -0.39 is 92.6 Å². The van der Waals surface area contributed by atoms with Crippen molar-refractivity contribution in [2.45, 2.75) is 144 Å². The maximum absolute atomic E-state index is 14.7. The zero-order valence-electron chi connectivity index (χ0n) is 52.5. The van der Waals surface area contributed by atoms with Crippen LogP contribution in [-0.2, 0) is 63.7 Å². The SMILES string of the molecule is COC(=O)C(C)(C)COc1ccc(-c2ccc(-c3nc(C(F)(F)F)cn3COCC[Si](C)(C)C)cn2)cc1F.COC(=O)C(C)(C)COc1ccc(B2OC(C)(C)C(C)(C)O2)cc1F.C[Si](C)(C)CCOCn1cc(C(F)(F)F)nc1-c1ccc(Br)nc1. The standard InChI is InChI=1S/C27H33F4N3O4Si.C18H26BFO5.C15H19BrF3N3OSi/c1-26(2,25(35)36-3)16-38-22-10-8-18(13-20(22)28)21-9-7-19(14-32-21)24-33-23(27(29,30)31)15-34(24)17-37-11-12-39(4,5)6;1-16(2,15(21)22-7)11-23-14-9-8-12(10-13(14)20)19-24-17(3,4)18(5,6)25-19;1-24(2,3)7-6-23-10-22-9-12(15(17,18)19)21-14(22)11-4-5-13(16)20-8-11/h7-10,13-15H,11-12,16-17H2,1-6H3;8-10H,11H2,1-7H3;4-5,8-9H,6-7,10H2,1-3H3. The first-order valence-corrected chi connectivity index (χ1v) is 36.2. The zero-order chi connectivity index (χ0) is 66.0. The van der Waals surface area contributed by atoms with Crippen LogP contribution in [0.25, 0.3) is 34.0 Å². The summed E-state index contributed by atoms with van der Waals surface area (Å²) < 4.78 is 155. The van der Waals surface area contributed by atoms with Crippen molar-refractivity contribution in [1.29, 1.82) is 0 Å². The van der Waals surface area contributed by atoms with Gasteiger partial charge in [-0.2, -0.15) is 26.3 Å². The monoisotopic (exact) mass is 1340 g/mol. The summed E-state index contributed by atoms with van der Waals surface area (Å²) in [4.78, 5) is 39.3. The molecule has 0 bridgehead atoms. The maximum atomic E-state index is 14.7. The lowest BCUT2D eigenvalue weighted by Crippen LogP contribution is -2.41. The van der Waals surface area contributed by atoms with Crippen molar-refractivity contribution in [2.24, 2.45) is 10.8 Å². The number of nitrogens with zero attached hydrogens (tertiary/aromatic N) is 6. The number of rotatable bonds is 22. The number of esters is 2. The number of halogens is 9. The molecule has 0 amide bonds. The number of methoxy groups -OCH3 is 2. The van der Waals surface area contributed by atoms with Gasteiger partial charge in [-0.15, -0.1) is 0 Å². The van der Waals surface area contributed by atoms with Crippen molar-refractivity contribution in [1.82, 2.24) is 29.1 Å². The normalized spacial score (nSPS) is 14.4. The van der Waals surface area contributed by atoms with Gasteiger partial charge >= 0.3 is 31.4 Å². The van der Waals surface area contributed by atoms with Gasteiger partial charge in [0.05, 0.1) is 41.9 Å². The van der Waals surface area contributed by atoms with Gasteiger partial charge in [-0.1, -0.05) is 45.3 Å². The van der Waals surface area contributed by atoms with Gasteiger partial charge in [0, 0.05) is 70.8 Å². The van der Waals surface area contributed by atoms with Crippen LogP contribution in [0.2, 0.25) is 51.4 Å². The number of hydrogen-bond donors (Lipinski definition) is 0. The van der Waals surface area contributed by atoms with E-state index in [2.05, 4.69) is 75.1 Å². The number of alkyl halides is 6. The average Bonchev–Trinajstić information content (AvgIpc) is 2.47. The molecule has 2 aromatic carbocycles. The van der Waals surface area contributed by atoms with E-state index >= 15 is 0 Å². The number of carbonyl (C=O) groups is 2. The predicted octanol–water partition coefficient (Wildman–Crippen LogP) is 14.4. The first-order valence-electron chi connectivity index (χ1n) is 28.0. The van der Waals surface area contributed by atoms with Crippen LogP contribution in [0.4, 0.5) is 35.1 Å². The van der Waals surface area contributed by atoms with E-state index in [1.165, 1.54) is 60.0 Å². The van der Waals surface area contributed by atoms with E-state index in [9.17, 15) is 44.7 Å². The van der Waals surface area contributed by atoms with Crippen LogP contribution in [-0.4, -0.2) is 116 Å². The Bertz CT molecular complexity index is 3280. The van der Waals surface area contributed by atoms with E-state index in [1.54, 1.807) is 64.1 Å². The highest BCUT2D eigenvalue weighted by Gasteiger charge is 2.52. The van der Waals surface area contributed by atoms with Gasteiger partial charge in [0.2, 0.25) is 0 Å². The summed E-state index contributed by atoms with van der Waals surface area (Å²) in [6.07, 6.45) is -4.35. The lowest BCUT2D eigenvalue weighted by Gasteiger charge is -2.32. The third-order valence-electron chi connectivity index (χ3n) is 14.0. The topological polar surface area (TPSA) is 169 Å². The van der Waals surface area contributed by atoms with Crippen LogP contribution in [0.5, 0.6) is 11.5 Å². The molecule has 0 aliphatic carbocycles. The number of pyridine rings is 2. The third-order valence-corrected chi connectivity index (χ3v) is 17.8. The molecule has 1 aliphatic heterocycles. The van der Waals surface area contributed by atoms with Crippen molar-refractivity contribution in [3.63, 3.8) is 0 Å². The average molecular weight is 1340 g/mol. The van der Waals surface area contributed by atoms with Crippen LogP contribution in [0.15, 0.2) is 90.1 Å². The molecule has 6 aromatic rings. The summed E-state index contributed by atoms with van der Waals surface area (Å²) in [5.41, 5.74) is -2.50. The lowest BCUT2D eigenvalue weighted by atomic mass is 9.79. The third kappa shape index (κ3) is 20.8. The van der Waals surface area contributed by atoms with Crippen molar-refractivity contribution < 1.29 is 82.4 Å². The van der Waals surface area contributed by atoms with E-state index in [1.807, 2.05) is 27.7 Å². The number of imidazole rings is 2. The minimum absolute atomic E-state index is 0.00638. The van der Waals surface area contributed by atoms with Crippen molar-refractivity contribution >= 4 is 56.6 Å². The molecule has 0 spiro atoms. The Labute approximate surface area is 519 Å². The second kappa shape index (κ2) is 29.3. The first kappa shape index (κ1) is 72.7. The molecule has 0 saturated carbocycles. The van der Waals surface area contributed by atoms with Crippen LogP contribution < -0.4 is 14.9 Å². The molecule has 88 heavy (non-hydrogen) atoms. The molecule has 16 nitrogen and oxygen atoms in total. The van der Waals surface area contributed by atoms with Gasteiger partial charge < -0.3 is 46.9 Å². The Hall–Kier alpha value is -6.04. The molecular weight excluding hydrogens is 1260 g/mol. The fourth-order valence-corrected chi connectivity index (χ4v) is 9.52. The zero-order valence-corrected chi connectivity index (χ0v) is 56.1. The lowest BCUT2D eigenvalue weighted by molar-refractivity contribution is -0.153. The minimum Gasteiger partial charge on any atom is -0.489 e. The van der Waals surface area contributed by atoms with Gasteiger partial charge in [0.25, 0.3) is 0 Å². The van der Waals surface area contributed by atoms with Crippen molar-refractivity contribution in [2.75, 3.05) is 40.6 Å². The highest BCUT2D eigenvalue weighted by molar-refractivity contribution is 9.10. The second-order valence-corrected chi connectivity index (χ2v) is 37.6. The molecule has 1 fully saturated rings. The maximum Gasteiger partial charge on any atom is 0.494 e. The number of benzene rings is 2. The highest BCUT2D eigenvalue weighted by atomic mass is 79.9. The Morgan fingerprint density at radius 2 is 1.01 bits per heavy atom. The van der Waals surface area contributed by atoms with E-state index in [0.717, 1.165) is 24.5 Å². The predicted molar refractivity (Wildman–Crippen MR) is 327 cm³/mol. The van der Waals surface area contributed by atoms with Crippen LogP contribution in [0, 0.1) is 22.5 Å². The van der Waals surface area contributed by atoms with Gasteiger partial charge in [-0.3, -0.25) is 14.6 Å². The second-order valence-electron chi connectivity index (χ2n) is 25.6. The van der Waals surface area contributed by atoms with Crippen LogP contribution in [0.3, 0.4) is 0 Å². The summed E-state index contributed by atoms with van der Waals surface area (Å²) in [5, 5.41) is 0. The Morgan fingerprint density at radius 3 is 1.38 bits per heavy atom. The molecule has 482 valence electrons. The molecule has 0 atom stereocenters. The molecule has 1 aliphatic rings. The Morgan fingerprint density at radius 1 is 0.602 bits per heavy atom. The van der Waals surface area contributed by atoms with Gasteiger partial charge in [0.1, 0.15) is 42.9 Å². The largest absolute Gasteiger partial charge is 0.494 e. The van der Waals surface area contributed by atoms with Gasteiger partial charge in [-0.25, -0.2) is 23.7 Å². The molecule has 0 radical (unpaired) electrons. The smallest absolute Gasteiger partial charge is 0.489 e. The van der Waals surface area contributed by atoms with Gasteiger partial charge in [0.15, 0.2) is 34.5 Å². The number of ether oxygens (including phenoxy) is 6. The van der Waals surface area contributed by atoms with Gasteiger partial charge in [-0.05, 0) is 143 Å². The molecule has 0 unspecified atom stereocenters. The summed E-state index contributed by atoms with van der Waals surface area (Å²) in [6, 6.07) is 17.1. The first-order chi connectivity index (χ1) is 40.6. The summed E-state index contributed by atoms with van der Waals surface area (Å²) >= 11 is 3.20. The molecule has 7 rings (SSSR count). The molecule has 1 saturated heterocycles. The van der Waals surface area contributed by atoms with Crippen LogP contribution in [0.1, 0.15) is 66.8 Å². The summed E-state index contributed by atoms with van der Waals surface area (Å²) in [7, 11) is -0.667. The molecule has 28 heteroatoms. The molecule has 4 aromatic heterocycles. The van der Waals surface area contributed by atoms with E-state index in [0.29, 0.717) is 45.7 Å². The Kier molecular flexibility index (Phi) is 24.2. The van der Waals surface area contributed by atoms with E-state index in [-0.39, 0.29) is 49.8 Å². The van der Waals surface area contributed by atoms with Crippen molar-refractivity contribution in [3.8, 4) is 45.5 Å². The number of aromatic nitrogens is 6. The fraction of sp³-hybridized carbons (Fsp3) is 0.500. The fourth-order valence-electron chi connectivity index (χ4n) is 7.77. The highest BCUT2D eigenvalue weighted by Crippen LogP contribution is 2.38. The van der Waals surface area contributed by atoms with Crippen LogP contribution >= 0.6 is 15.9 Å². The molecule has 5 heterocycles. The summed E-state index contributed by atoms with van der Waals surface area (Å²) in [6.45, 7) is 28.4. The quantitative estimate of drug-likeness (QED) is 0.0207. The molecular formula is C60H78BBrF8N6O10Si2.